The first-order valence-electron chi connectivity index (χ1n) is 10.4. The predicted molar refractivity (Wildman–Crippen MR) is 115 cm³/mol. The fourth-order valence-corrected chi connectivity index (χ4v) is 5.26. The fourth-order valence-electron chi connectivity index (χ4n) is 5.26. The van der Waals surface area contributed by atoms with Crippen molar-refractivity contribution in [1.82, 2.24) is 9.80 Å². The molecule has 0 spiro atoms. The lowest BCUT2D eigenvalue weighted by Crippen LogP contribution is -2.51. The molecule has 1 saturated carbocycles. The van der Waals surface area contributed by atoms with Crippen molar-refractivity contribution < 1.29 is 9.53 Å². The summed E-state index contributed by atoms with van der Waals surface area (Å²) in [7, 11) is 0. The Balaban J connectivity index is 0.00000182. The SMILES string of the molecule is CC1CN(CC2CCCN2C(=O)CC2(CN)CCCCC2)CC(C)O1.Cl.Cl. The average Bonchev–Trinajstić information content (AvgIpc) is 3.03. The van der Waals surface area contributed by atoms with E-state index in [0.717, 1.165) is 51.9 Å². The van der Waals surface area contributed by atoms with Gasteiger partial charge in [0.2, 0.25) is 5.91 Å². The van der Waals surface area contributed by atoms with Crippen LogP contribution in [0, 0.1) is 5.41 Å². The van der Waals surface area contributed by atoms with Gasteiger partial charge in [-0.1, -0.05) is 19.3 Å². The number of amides is 1. The minimum absolute atomic E-state index is 0. The molecule has 3 rings (SSSR count). The van der Waals surface area contributed by atoms with Gasteiger partial charge in [0.05, 0.1) is 12.2 Å². The van der Waals surface area contributed by atoms with E-state index < -0.39 is 0 Å². The maximum absolute atomic E-state index is 13.1. The van der Waals surface area contributed by atoms with Gasteiger partial charge in [-0.05, 0) is 51.5 Å². The van der Waals surface area contributed by atoms with Gasteiger partial charge < -0.3 is 15.4 Å². The normalized spacial score (nSPS) is 31.1. The third-order valence-corrected chi connectivity index (χ3v) is 6.54. The van der Waals surface area contributed by atoms with Crippen LogP contribution in [0.4, 0.5) is 0 Å². The Labute approximate surface area is 177 Å². The number of hydrogen-bond donors (Lipinski definition) is 1. The number of rotatable bonds is 5. The van der Waals surface area contributed by atoms with Crippen molar-refractivity contribution in [2.75, 3.05) is 32.7 Å². The molecule has 3 aliphatic rings. The second kappa shape index (κ2) is 11.2. The molecule has 3 atom stereocenters. The van der Waals surface area contributed by atoms with Crippen molar-refractivity contribution in [3.8, 4) is 0 Å². The Morgan fingerprint density at radius 2 is 1.70 bits per heavy atom. The molecule has 0 radical (unpaired) electrons. The maximum Gasteiger partial charge on any atom is 0.223 e. The number of carbonyl (C=O) groups excluding carboxylic acids is 1. The zero-order chi connectivity index (χ0) is 17.9. The summed E-state index contributed by atoms with van der Waals surface area (Å²) in [6.45, 7) is 8.85. The van der Waals surface area contributed by atoms with E-state index in [1.807, 2.05) is 0 Å². The molecule has 0 aromatic heterocycles. The first-order chi connectivity index (χ1) is 12.0. The van der Waals surface area contributed by atoms with Crippen molar-refractivity contribution >= 4 is 30.7 Å². The molecular formula is C20H39Cl2N3O2. The molecule has 3 fully saturated rings. The predicted octanol–water partition coefficient (Wildman–Crippen LogP) is 3.23. The van der Waals surface area contributed by atoms with Crippen molar-refractivity contribution in [3.63, 3.8) is 0 Å². The van der Waals surface area contributed by atoms with Crippen LogP contribution in [0.2, 0.25) is 0 Å². The lowest BCUT2D eigenvalue weighted by atomic mass is 9.71. The maximum atomic E-state index is 13.1. The number of ether oxygens (including phenoxy) is 1. The number of halogens is 2. The topological polar surface area (TPSA) is 58.8 Å². The van der Waals surface area contributed by atoms with Gasteiger partial charge in [0.25, 0.3) is 0 Å². The largest absolute Gasteiger partial charge is 0.373 e. The van der Waals surface area contributed by atoms with Gasteiger partial charge in [-0.25, -0.2) is 0 Å². The standard InChI is InChI=1S/C20H37N3O2.2ClH/c1-16-12-22(13-17(2)25-16)14-18-7-6-10-23(18)19(24)11-20(15-21)8-4-3-5-9-20;;/h16-18H,3-15,21H2,1-2H3;2*1H. The van der Waals surface area contributed by atoms with Gasteiger partial charge in [0.1, 0.15) is 0 Å². The van der Waals surface area contributed by atoms with Crippen LogP contribution >= 0.6 is 24.8 Å². The third-order valence-electron chi connectivity index (χ3n) is 6.54. The molecular weight excluding hydrogens is 385 g/mol. The molecule has 0 bridgehead atoms. The number of morpholine rings is 1. The summed E-state index contributed by atoms with van der Waals surface area (Å²) in [6, 6.07) is 0.378. The van der Waals surface area contributed by atoms with Crippen LogP contribution in [-0.4, -0.2) is 66.7 Å². The van der Waals surface area contributed by atoms with Crippen LogP contribution in [0.5, 0.6) is 0 Å². The summed E-state index contributed by atoms with van der Waals surface area (Å²) in [5.74, 6) is 0.351. The summed E-state index contributed by atoms with van der Waals surface area (Å²) in [4.78, 5) is 17.8. The fraction of sp³-hybridized carbons (Fsp3) is 0.950. The zero-order valence-electron chi connectivity index (χ0n) is 17.0. The number of hydrogen-bond acceptors (Lipinski definition) is 4. The lowest BCUT2D eigenvalue weighted by molar-refractivity contribution is -0.136. The smallest absolute Gasteiger partial charge is 0.223 e. The van der Waals surface area contributed by atoms with Gasteiger partial charge >= 0.3 is 0 Å². The molecule has 2 aliphatic heterocycles. The van der Waals surface area contributed by atoms with E-state index in [1.54, 1.807) is 0 Å². The van der Waals surface area contributed by atoms with E-state index >= 15 is 0 Å². The van der Waals surface area contributed by atoms with Gasteiger partial charge in [-0.3, -0.25) is 9.69 Å². The minimum atomic E-state index is 0. The van der Waals surface area contributed by atoms with Crippen molar-refractivity contribution in [1.29, 1.82) is 0 Å². The third kappa shape index (κ3) is 6.46. The molecule has 2 heterocycles. The highest BCUT2D eigenvalue weighted by Gasteiger charge is 2.38. The van der Waals surface area contributed by atoms with Crippen molar-refractivity contribution in [2.45, 2.75) is 83.5 Å². The molecule has 7 heteroatoms. The van der Waals surface area contributed by atoms with E-state index in [1.165, 1.54) is 19.3 Å². The molecule has 27 heavy (non-hydrogen) atoms. The first-order valence-corrected chi connectivity index (χ1v) is 10.4. The molecule has 160 valence electrons. The Morgan fingerprint density at radius 1 is 1.07 bits per heavy atom. The number of carbonyl (C=O) groups is 1. The highest BCUT2D eigenvalue weighted by atomic mass is 35.5. The molecule has 2 saturated heterocycles. The van der Waals surface area contributed by atoms with E-state index in [2.05, 4.69) is 23.6 Å². The van der Waals surface area contributed by atoms with Crippen LogP contribution in [-0.2, 0) is 9.53 Å². The van der Waals surface area contributed by atoms with E-state index in [-0.39, 0.29) is 42.4 Å². The monoisotopic (exact) mass is 423 g/mol. The zero-order valence-corrected chi connectivity index (χ0v) is 18.7. The van der Waals surface area contributed by atoms with Crippen LogP contribution in [0.25, 0.3) is 0 Å². The number of nitrogens with two attached hydrogens (primary N) is 1. The van der Waals surface area contributed by atoms with E-state index in [0.29, 0.717) is 24.9 Å². The summed E-state index contributed by atoms with van der Waals surface area (Å²) in [5.41, 5.74) is 6.18. The number of likely N-dealkylation sites (tertiary alicyclic amines) is 1. The van der Waals surface area contributed by atoms with Crippen LogP contribution in [0.1, 0.15) is 65.2 Å². The van der Waals surface area contributed by atoms with Gasteiger partial charge in [0, 0.05) is 38.6 Å². The molecule has 0 aromatic rings. The molecule has 1 amide bonds. The average molecular weight is 424 g/mol. The van der Waals surface area contributed by atoms with Gasteiger partial charge in [-0.2, -0.15) is 0 Å². The van der Waals surface area contributed by atoms with E-state index in [9.17, 15) is 4.79 Å². The highest BCUT2D eigenvalue weighted by Crippen LogP contribution is 2.39. The Kier molecular flexibility index (Phi) is 10.4. The van der Waals surface area contributed by atoms with Gasteiger partial charge in [-0.15, -0.1) is 24.8 Å². The van der Waals surface area contributed by atoms with Crippen LogP contribution in [0.15, 0.2) is 0 Å². The van der Waals surface area contributed by atoms with Crippen molar-refractivity contribution in [2.24, 2.45) is 11.1 Å². The Bertz CT molecular complexity index is 451. The lowest BCUT2D eigenvalue weighted by Gasteiger charge is -2.40. The van der Waals surface area contributed by atoms with Crippen LogP contribution < -0.4 is 5.73 Å². The second-order valence-electron chi connectivity index (χ2n) is 8.80. The van der Waals surface area contributed by atoms with Gasteiger partial charge in [0.15, 0.2) is 0 Å². The Morgan fingerprint density at radius 3 is 2.30 bits per heavy atom. The van der Waals surface area contributed by atoms with Crippen molar-refractivity contribution in [3.05, 3.63) is 0 Å². The molecule has 5 nitrogen and oxygen atoms in total. The Hall–Kier alpha value is -0.0700. The van der Waals surface area contributed by atoms with E-state index in [4.69, 9.17) is 10.5 Å². The molecule has 1 aliphatic carbocycles. The highest BCUT2D eigenvalue weighted by molar-refractivity contribution is 5.85. The second-order valence-corrected chi connectivity index (χ2v) is 8.80. The summed E-state index contributed by atoms with van der Waals surface area (Å²) in [6.07, 6.45) is 9.55. The minimum Gasteiger partial charge on any atom is -0.373 e. The summed E-state index contributed by atoms with van der Waals surface area (Å²) < 4.78 is 5.85. The van der Waals surface area contributed by atoms with Crippen LogP contribution in [0.3, 0.4) is 0 Å². The molecule has 0 aromatic carbocycles. The summed E-state index contributed by atoms with van der Waals surface area (Å²) >= 11 is 0. The number of nitrogens with zero attached hydrogens (tertiary/aromatic N) is 2. The molecule has 2 N–H and O–H groups in total. The molecule has 3 unspecified atom stereocenters. The summed E-state index contributed by atoms with van der Waals surface area (Å²) in [5, 5.41) is 0. The quantitative estimate of drug-likeness (QED) is 0.736. The first kappa shape index (κ1) is 25.0.